The number of nitrogens with one attached hydrogen (secondary N) is 3. The Labute approximate surface area is 195 Å². The first-order valence-electron chi connectivity index (χ1n) is 11.5. The van der Waals surface area contributed by atoms with Crippen molar-refractivity contribution in [2.45, 2.75) is 33.9 Å². The lowest BCUT2D eigenvalue weighted by atomic mass is 9.98. The highest BCUT2D eigenvalue weighted by Crippen LogP contribution is 2.23. The molecule has 172 valence electrons. The number of hydrogen-bond acceptors (Lipinski definition) is 4. The molecule has 1 amide bonds. The van der Waals surface area contributed by atoms with E-state index >= 15 is 0 Å². The van der Waals surface area contributed by atoms with Crippen LogP contribution in [0.25, 0.3) is 11.1 Å². The van der Waals surface area contributed by atoms with Crippen LogP contribution < -0.4 is 16.2 Å². The molecule has 0 unspecified atom stereocenters. The average molecular weight is 445 g/mol. The van der Waals surface area contributed by atoms with Crippen molar-refractivity contribution >= 4 is 5.91 Å². The van der Waals surface area contributed by atoms with E-state index in [1.807, 2.05) is 45.0 Å². The Bertz CT molecular complexity index is 1190. The van der Waals surface area contributed by atoms with Gasteiger partial charge in [0.2, 0.25) is 0 Å². The number of nitrogens with zero attached hydrogens (tertiary/aromatic N) is 1. The van der Waals surface area contributed by atoms with Gasteiger partial charge in [-0.3, -0.25) is 14.5 Å². The molecule has 3 aromatic rings. The molecule has 0 bridgehead atoms. The van der Waals surface area contributed by atoms with Crippen LogP contribution in [0.15, 0.2) is 53.3 Å². The highest BCUT2D eigenvalue weighted by Gasteiger charge is 2.14. The Hall–Kier alpha value is -3.22. The van der Waals surface area contributed by atoms with Gasteiger partial charge < -0.3 is 15.6 Å². The second-order valence-electron chi connectivity index (χ2n) is 8.88. The molecule has 6 nitrogen and oxygen atoms in total. The van der Waals surface area contributed by atoms with Crippen LogP contribution in [0.1, 0.15) is 38.3 Å². The van der Waals surface area contributed by atoms with E-state index in [1.54, 1.807) is 0 Å². The summed E-state index contributed by atoms with van der Waals surface area (Å²) in [4.78, 5) is 30.5. The predicted octanol–water partition coefficient (Wildman–Crippen LogP) is 3.30. The van der Waals surface area contributed by atoms with Crippen molar-refractivity contribution in [2.75, 3.05) is 26.2 Å². The summed E-state index contributed by atoms with van der Waals surface area (Å²) in [5, 5.41) is 6.31. The maximum Gasteiger partial charge on any atom is 0.253 e. The maximum absolute atomic E-state index is 13.0. The van der Waals surface area contributed by atoms with Crippen LogP contribution in [-0.2, 0) is 13.1 Å². The lowest BCUT2D eigenvalue weighted by Gasteiger charge is -2.27. The van der Waals surface area contributed by atoms with Crippen molar-refractivity contribution in [2.24, 2.45) is 0 Å². The van der Waals surface area contributed by atoms with Gasteiger partial charge in [0.1, 0.15) is 0 Å². The van der Waals surface area contributed by atoms with Gasteiger partial charge in [-0.2, -0.15) is 0 Å². The third-order valence-electron chi connectivity index (χ3n) is 6.30. The number of pyridine rings is 1. The Morgan fingerprint density at radius 1 is 0.939 bits per heavy atom. The number of aromatic nitrogens is 1. The average Bonchev–Trinajstić information content (AvgIpc) is 2.80. The van der Waals surface area contributed by atoms with Gasteiger partial charge >= 0.3 is 0 Å². The normalized spacial score (nSPS) is 14.3. The maximum atomic E-state index is 13.0. The summed E-state index contributed by atoms with van der Waals surface area (Å²) in [5.41, 5.74) is 7.03. The van der Waals surface area contributed by atoms with Crippen molar-refractivity contribution in [3.05, 3.63) is 92.4 Å². The van der Waals surface area contributed by atoms with E-state index in [4.69, 9.17) is 0 Å². The molecule has 0 radical (unpaired) electrons. The highest BCUT2D eigenvalue weighted by atomic mass is 16.1. The van der Waals surface area contributed by atoms with Crippen LogP contribution in [-0.4, -0.2) is 42.0 Å². The number of hydrogen-bond donors (Lipinski definition) is 3. The van der Waals surface area contributed by atoms with Crippen LogP contribution in [0.3, 0.4) is 0 Å². The van der Waals surface area contributed by atoms with Crippen molar-refractivity contribution in [1.82, 2.24) is 20.5 Å². The smallest absolute Gasteiger partial charge is 0.253 e. The molecule has 2 heterocycles. The van der Waals surface area contributed by atoms with Crippen LogP contribution >= 0.6 is 0 Å². The molecule has 1 fully saturated rings. The standard InChI is InChI=1S/C27H32N4O2/c1-18-4-7-23(22-8-5-21(6-9-22)17-31-12-10-28-11-13-31)15-24(18)26(32)29-16-25-19(2)14-20(3)30-27(25)33/h4-9,14-15,28H,10-13,16-17H2,1-3H3,(H,29,32)(H,30,33). The Morgan fingerprint density at radius 2 is 1.64 bits per heavy atom. The first-order chi connectivity index (χ1) is 15.9. The second-order valence-corrected chi connectivity index (χ2v) is 8.88. The number of rotatable bonds is 6. The van der Waals surface area contributed by atoms with Gasteiger partial charge in [-0.25, -0.2) is 0 Å². The minimum atomic E-state index is -0.177. The molecular formula is C27H32N4O2. The minimum absolute atomic E-state index is 0.154. The first-order valence-corrected chi connectivity index (χ1v) is 11.5. The Balaban J connectivity index is 1.47. The van der Waals surface area contributed by atoms with Crippen molar-refractivity contribution in [3.8, 4) is 11.1 Å². The van der Waals surface area contributed by atoms with Crippen LogP contribution in [0, 0.1) is 20.8 Å². The van der Waals surface area contributed by atoms with Crippen molar-refractivity contribution in [1.29, 1.82) is 0 Å². The topological polar surface area (TPSA) is 77.2 Å². The van der Waals surface area contributed by atoms with Crippen LogP contribution in [0.5, 0.6) is 0 Å². The summed E-state index contributed by atoms with van der Waals surface area (Å²) in [5.74, 6) is -0.177. The fourth-order valence-corrected chi connectivity index (χ4v) is 4.34. The summed E-state index contributed by atoms with van der Waals surface area (Å²) in [6.45, 7) is 11.1. The van der Waals surface area contributed by atoms with Crippen molar-refractivity contribution < 1.29 is 4.79 Å². The molecule has 33 heavy (non-hydrogen) atoms. The molecule has 0 saturated carbocycles. The van der Waals surface area contributed by atoms with Gasteiger partial charge in [0.15, 0.2) is 0 Å². The lowest BCUT2D eigenvalue weighted by molar-refractivity contribution is 0.0950. The summed E-state index contributed by atoms with van der Waals surface area (Å²) < 4.78 is 0. The lowest BCUT2D eigenvalue weighted by Crippen LogP contribution is -2.42. The zero-order valence-corrected chi connectivity index (χ0v) is 19.6. The quantitative estimate of drug-likeness (QED) is 0.545. The number of amides is 1. The zero-order valence-electron chi connectivity index (χ0n) is 19.6. The summed E-state index contributed by atoms with van der Waals surface area (Å²) in [6, 6.07) is 16.5. The SMILES string of the molecule is Cc1cc(C)c(CNC(=O)c2cc(-c3ccc(CN4CCNCC4)cc3)ccc2C)c(=O)[nH]1. The second kappa shape index (κ2) is 10.1. The molecule has 2 aromatic carbocycles. The monoisotopic (exact) mass is 444 g/mol. The van der Waals surface area contributed by atoms with Gasteiger partial charge in [0, 0.05) is 56.1 Å². The molecule has 1 aliphatic heterocycles. The molecular weight excluding hydrogens is 412 g/mol. The third kappa shape index (κ3) is 5.59. The zero-order chi connectivity index (χ0) is 23.4. The van der Waals surface area contributed by atoms with E-state index in [-0.39, 0.29) is 18.0 Å². The molecule has 0 atom stereocenters. The van der Waals surface area contributed by atoms with Gasteiger partial charge in [-0.1, -0.05) is 36.4 Å². The van der Waals surface area contributed by atoms with E-state index in [1.165, 1.54) is 5.56 Å². The summed E-state index contributed by atoms with van der Waals surface area (Å²) >= 11 is 0. The van der Waals surface area contributed by atoms with Crippen molar-refractivity contribution in [3.63, 3.8) is 0 Å². The number of piperazine rings is 1. The van der Waals surface area contributed by atoms with E-state index in [0.717, 1.165) is 60.7 Å². The number of aromatic amines is 1. The summed E-state index contributed by atoms with van der Waals surface area (Å²) in [6.07, 6.45) is 0. The van der Waals surface area contributed by atoms with E-state index < -0.39 is 0 Å². The Kier molecular flexibility index (Phi) is 7.06. The number of aryl methyl sites for hydroxylation is 3. The van der Waals surface area contributed by atoms with E-state index in [0.29, 0.717) is 11.1 Å². The van der Waals surface area contributed by atoms with Gasteiger partial charge in [-0.15, -0.1) is 0 Å². The molecule has 6 heteroatoms. The van der Waals surface area contributed by atoms with Gasteiger partial charge in [0.05, 0.1) is 0 Å². The molecule has 0 aliphatic carbocycles. The number of carbonyl (C=O) groups excluding carboxylic acids is 1. The molecule has 3 N–H and O–H groups in total. The highest BCUT2D eigenvalue weighted by molar-refractivity contribution is 5.96. The molecule has 1 aromatic heterocycles. The van der Waals surface area contributed by atoms with Gasteiger partial charge in [0.25, 0.3) is 11.5 Å². The first kappa shape index (κ1) is 23.0. The fourth-order valence-electron chi connectivity index (χ4n) is 4.34. The van der Waals surface area contributed by atoms with E-state index in [9.17, 15) is 9.59 Å². The third-order valence-corrected chi connectivity index (χ3v) is 6.30. The summed E-state index contributed by atoms with van der Waals surface area (Å²) in [7, 11) is 0. The molecule has 1 aliphatic rings. The molecule has 4 rings (SSSR count). The van der Waals surface area contributed by atoms with Crippen LogP contribution in [0.2, 0.25) is 0 Å². The predicted molar refractivity (Wildman–Crippen MR) is 132 cm³/mol. The molecule has 0 spiro atoms. The largest absolute Gasteiger partial charge is 0.348 e. The number of carbonyl (C=O) groups is 1. The number of H-pyrrole nitrogens is 1. The van der Waals surface area contributed by atoms with Gasteiger partial charge in [-0.05, 0) is 60.7 Å². The van der Waals surface area contributed by atoms with Crippen LogP contribution in [0.4, 0.5) is 0 Å². The molecule has 1 saturated heterocycles. The van der Waals surface area contributed by atoms with E-state index in [2.05, 4.69) is 44.8 Å². The minimum Gasteiger partial charge on any atom is -0.348 e. The number of benzene rings is 2. The fraction of sp³-hybridized carbons (Fsp3) is 0.333. The Morgan fingerprint density at radius 3 is 2.33 bits per heavy atom.